The Morgan fingerprint density at radius 1 is 0.967 bits per heavy atom. The fourth-order valence-electron chi connectivity index (χ4n) is 4.97. The molecule has 2 aliphatic rings. The van der Waals surface area contributed by atoms with E-state index < -0.39 is 0 Å². The van der Waals surface area contributed by atoms with E-state index in [2.05, 4.69) is 57.2 Å². The molecule has 2 aromatic rings. The van der Waals surface area contributed by atoms with Gasteiger partial charge in [0.05, 0.1) is 7.11 Å². The van der Waals surface area contributed by atoms with E-state index in [1.165, 1.54) is 11.3 Å². The molecule has 2 fully saturated rings. The van der Waals surface area contributed by atoms with Gasteiger partial charge in [0, 0.05) is 63.8 Å². The Morgan fingerprint density at radius 3 is 2.37 bits per heavy atom. The molecule has 2 heterocycles. The first kappa shape index (κ1) is 20.7. The fourth-order valence-corrected chi connectivity index (χ4v) is 4.97. The predicted molar refractivity (Wildman–Crippen MR) is 121 cm³/mol. The maximum Gasteiger partial charge on any atom is 0.222 e. The van der Waals surface area contributed by atoms with Gasteiger partial charge < -0.3 is 14.5 Å². The van der Waals surface area contributed by atoms with Crippen LogP contribution in [0.5, 0.6) is 5.75 Å². The number of hydrogen-bond acceptors (Lipinski definition) is 4. The topological polar surface area (TPSA) is 36.0 Å². The summed E-state index contributed by atoms with van der Waals surface area (Å²) in [6.45, 7) is 8.84. The van der Waals surface area contributed by atoms with Crippen LogP contribution in [0.4, 0.5) is 5.69 Å². The van der Waals surface area contributed by atoms with E-state index in [1.807, 2.05) is 19.1 Å². The van der Waals surface area contributed by atoms with Gasteiger partial charge in [0.25, 0.3) is 0 Å². The van der Waals surface area contributed by atoms with Gasteiger partial charge in [-0.2, -0.15) is 0 Å². The number of piperazine rings is 1. The molecule has 0 radical (unpaired) electrons. The molecule has 30 heavy (non-hydrogen) atoms. The molecule has 0 aromatic heterocycles. The van der Waals surface area contributed by atoms with Gasteiger partial charge in [-0.25, -0.2) is 0 Å². The number of anilines is 1. The first-order valence-corrected chi connectivity index (χ1v) is 11.1. The molecule has 2 atom stereocenters. The van der Waals surface area contributed by atoms with Crippen LogP contribution in [0.3, 0.4) is 0 Å². The molecule has 5 heteroatoms. The highest BCUT2D eigenvalue weighted by Gasteiger charge is 2.38. The Balaban J connectivity index is 1.45. The Kier molecular flexibility index (Phi) is 6.58. The van der Waals surface area contributed by atoms with Crippen molar-refractivity contribution in [2.24, 2.45) is 5.92 Å². The zero-order valence-corrected chi connectivity index (χ0v) is 18.2. The molecule has 4 rings (SSSR count). The van der Waals surface area contributed by atoms with E-state index in [4.69, 9.17) is 4.74 Å². The Morgan fingerprint density at radius 2 is 1.67 bits per heavy atom. The smallest absolute Gasteiger partial charge is 0.222 e. The van der Waals surface area contributed by atoms with Crippen molar-refractivity contribution >= 4 is 11.6 Å². The van der Waals surface area contributed by atoms with Gasteiger partial charge >= 0.3 is 0 Å². The lowest BCUT2D eigenvalue weighted by atomic mass is 9.87. The predicted octanol–water partition coefficient (Wildman–Crippen LogP) is 3.47. The average Bonchev–Trinajstić information content (AvgIpc) is 3.23. The van der Waals surface area contributed by atoms with Gasteiger partial charge in [-0.15, -0.1) is 0 Å². The van der Waals surface area contributed by atoms with E-state index in [0.29, 0.717) is 18.3 Å². The highest BCUT2D eigenvalue weighted by atomic mass is 16.5. The van der Waals surface area contributed by atoms with Gasteiger partial charge in [0.1, 0.15) is 5.75 Å². The number of carbonyl (C=O) groups is 1. The molecule has 2 aromatic carbocycles. The van der Waals surface area contributed by atoms with E-state index in [1.54, 1.807) is 7.11 Å². The number of para-hydroxylation sites is 2. The Labute approximate surface area is 180 Å². The highest BCUT2D eigenvalue weighted by molar-refractivity contribution is 5.76. The summed E-state index contributed by atoms with van der Waals surface area (Å²) >= 11 is 0. The van der Waals surface area contributed by atoms with Crippen molar-refractivity contribution in [3.05, 3.63) is 60.2 Å². The minimum atomic E-state index is 0.256. The first-order valence-electron chi connectivity index (χ1n) is 11.1. The van der Waals surface area contributed by atoms with Crippen molar-refractivity contribution in [2.75, 3.05) is 57.8 Å². The van der Waals surface area contributed by atoms with Gasteiger partial charge in [-0.3, -0.25) is 9.69 Å². The number of likely N-dealkylation sites (tertiary alicyclic amines) is 1. The minimum Gasteiger partial charge on any atom is -0.496 e. The van der Waals surface area contributed by atoms with Crippen LogP contribution in [0.2, 0.25) is 0 Å². The third-order valence-electron chi connectivity index (χ3n) is 6.62. The van der Waals surface area contributed by atoms with E-state index in [0.717, 1.165) is 51.6 Å². The quantitative estimate of drug-likeness (QED) is 0.735. The standard InChI is InChI=1S/C25H33N3O2/c1-3-25(29)28-18-20(23(19-28)22-11-7-8-12-24(22)30-2)17-26-13-15-27(16-14-26)21-9-5-4-6-10-21/h4-12,20,23H,3,13-19H2,1-2H3. The molecule has 2 unspecified atom stereocenters. The first-order chi connectivity index (χ1) is 14.7. The fraction of sp³-hybridized carbons (Fsp3) is 0.480. The highest BCUT2D eigenvalue weighted by Crippen LogP contribution is 2.38. The molecule has 1 amide bonds. The summed E-state index contributed by atoms with van der Waals surface area (Å²) in [6, 6.07) is 19.0. The minimum absolute atomic E-state index is 0.256. The lowest BCUT2D eigenvalue weighted by Crippen LogP contribution is -2.48. The number of nitrogens with zero attached hydrogens (tertiary/aromatic N) is 3. The molecule has 0 saturated carbocycles. The van der Waals surface area contributed by atoms with Crippen LogP contribution in [-0.4, -0.2) is 68.6 Å². The normalized spacial score (nSPS) is 22.3. The maximum atomic E-state index is 12.5. The number of hydrogen-bond donors (Lipinski definition) is 0. The van der Waals surface area contributed by atoms with E-state index in [-0.39, 0.29) is 5.91 Å². The zero-order valence-electron chi connectivity index (χ0n) is 18.2. The van der Waals surface area contributed by atoms with Crippen LogP contribution in [-0.2, 0) is 4.79 Å². The molecule has 0 aliphatic carbocycles. The summed E-state index contributed by atoms with van der Waals surface area (Å²) in [5.41, 5.74) is 2.55. The second kappa shape index (κ2) is 9.52. The van der Waals surface area contributed by atoms with Crippen molar-refractivity contribution in [1.29, 1.82) is 0 Å². The van der Waals surface area contributed by atoms with Gasteiger partial charge in [0.15, 0.2) is 0 Å². The van der Waals surface area contributed by atoms with Crippen LogP contribution in [0.15, 0.2) is 54.6 Å². The van der Waals surface area contributed by atoms with Gasteiger partial charge in [0.2, 0.25) is 5.91 Å². The molecule has 2 aliphatic heterocycles. The van der Waals surface area contributed by atoms with Crippen LogP contribution in [0.25, 0.3) is 0 Å². The summed E-state index contributed by atoms with van der Waals surface area (Å²) in [5, 5.41) is 0. The molecule has 0 spiro atoms. The zero-order chi connectivity index (χ0) is 20.9. The van der Waals surface area contributed by atoms with Crippen LogP contribution in [0, 0.1) is 5.92 Å². The van der Waals surface area contributed by atoms with Crippen molar-refractivity contribution in [2.45, 2.75) is 19.3 Å². The molecular formula is C25H33N3O2. The van der Waals surface area contributed by atoms with E-state index >= 15 is 0 Å². The average molecular weight is 408 g/mol. The van der Waals surface area contributed by atoms with Crippen molar-refractivity contribution < 1.29 is 9.53 Å². The Bertz CT molecular complexity index is 833. The molecule has 5 nitrogen and oxygen atoms in total. The van der Waals surface area contributed by atoms with Crippen LogP contribution in [0.1, 0.15) is 24.8 Å². The maximum absolute atomic E-state index is 12.5. The van der Waals surface area contributed by atoms with Crippen molar-refractivity contribution in [3.8, 4) is 5.75 Å². The van der Waals surface area contributed by atoms with Crippen molar-refractivity contribution in [1.82, 2.24) is 9.80 Å². The van der Waals surface area contributed by atoms with Crippen LogP contribution < -0.4 is 9.64 Å². The van der Waals surface area contributed by atoms with Crippen LogP contribution >= 0.6 is 0 Å². The molecule has 0 N–H and O–H groups in total. The second-order valence-corrected chi connectivity index (χ2v) is 8.38. The number of methoxy groups -OCH3 is 1. The second-order valence-electron chi connectivity index (χ2n) is 8.38. The number of rotatable bonds is 6. The summed E-state index contributed by atoms with van der Waals surface area (Å²) in [6.07, 6.45) is 0.571. The van der Waals surface area contributed by atoms with Crippen molar-refractivity contribution in [3.63, 3.8) is 0 Å². The van der Waals surface area contributed by atoms with Gasteiger partial charge in [-0.05, 0) is 29.7 Å². The summed E-state index contributed by atoms with van der Waals surface area (Å²) in [5.74, 6) is 1.95. The summed E-state index contributed by atoms with van der Waals surface area (Å²) < 4.78 is 5.66. The lowest BCUT2D eigenvalue weighted by Gasteiger charge is -2.38. The molecule has 2 saturated heterocycles. The van der Waals surface area contributed by atoms with E-state index in [9.17, 15) is 4.79 Å². The number of amides is 1. The molecule has 160 valence electrons. The third kappa shape index (κ3) is 4.46. The summed E-state index contributed by atoms with van der Waals surface area (Å²) in [7, 11) is 1.74. The molecule has 0 bridgehead atoms. The monoisotopic (exact) mass is 407 g/mol. The third-order valence-corrected chi connectivity index (χ3v) is 6.62. The lowest BCUT2D eigenvalue weighted by molar-refractivity contribution is -0.130. The number of carbonyl (C=O) groups excluding carboxylic acids is 1. The summed E-state index contributed by atoms with van der Waals surface area (Å²) in [4.78, 5) is 19.6. The largest absolute Gasteiger partial charge is 0.496 e. The number of benzene rings is 2. The SMILES string of the molecule is CCC(=O)N1CC(CN2CCN(c3ccccc3)CC2)C(c2ccccc2OC)C1. The number of ether oxygens (including phenoxy) is 1. The van der Waals surface area contributed by atoms with Gasteiger partial charge in [-0.1, -0.05) is 43.3 Å². The Hall–Kier alpha value is -2.53. The molecular weight excluding hydrogens is 374 g/mol.